The first-order valence-corrected chi connectivity index (χ1v) is 9.66. The fourth-order valence-electron chi connectivity index (χ4n) is 3.92. The second-order valence-corrected chi connectivity index (χ2v) is 7.69. The minimum absolute atomic E-state index is 0.279. The average Bonchev–Trinajstić information content (AvgIpc) is 3.00. The predicted molar refractivity (Wildman–Crippen MR) is 106 cm³/mol. The Hall–Kier alpha value is -2.43. The van der Waals surface area contributed by atoms with Crippen LogP contribution in [0.5, 0.6) is 5.75 Å². The lowest BCUT2D eigenvalue weighted by Crippen LogP contribution is -2.23. The molecular formula is C22H26FN3O. The van der Waals surface area contributed by atoms with E-state index in [0.717, 1.165) is 57.0 Å². The second kappa shape index (κ2) is 6.63. The number of alkyl halides is 1. The molecule has 1 aliphatic rings. The van der Waals surface area contributed by atoms with Gasteiger partial charge in [-0.3, -0.25) is 4.98 Å². The highest BCUT2D eigenvalue weighted by Gasteiger charge is 2.28. The topological polar surface area (TPSA) is 39.9 Å². The summed E-state index contributed by atoms with van der Waals surface area (Å²) >= 11 is 0. The highest BCUT2D eigenvalue weighted by molar-refractivity contribution is 5.91. The molecule has 142 valence electrons. The van der Waals surface area contributed by atoms with Crippen molar-refractivity contribution in [1.82, 2.24) is 14.5 Å². The maximum absolute atomic E-state index is 13.4. The molecule has 0 bridgehead atoms. The summed E-state index contributed by atoms with van der Waals surface area (Å²) in [7, 11) is 0. The van der Waals surface area contributed by atoms with Gasteiger partial charge in [-0.2, -0.15) is 0 Å². The van der Waals surface area contributed by atoms with E-state index in [2.05, 4.69) is 32.9 Å². The van der Waals surface area contributed by atoms with Gasteiger partial charge in [0.15, 0.2) is 0 Å². The Morgan fingerprint density at radius 2 is 2.04 bits per heavy atom. The zero-order valence-corrected chi connectivity index (χ0v) is 16.6. The van der Waals surface area contributed by atoms with Gasteiger partial charge in [-0.15, -0.1) is 0 Å². The molecule has 0 fully saturated rings. The van der Waals surface area contributed by atoms with E-state index in [1.807, 2.05) is 24.6 Å². The number of rotatable bonds is 4. The summed E-state index contributed by atoms with van der Waals surface area (Å²) in [6.45, 7) is 10.4. The standard InChI is InChI=1S/C22H26FN3O/c1-6-17-16(7-8-18(24-17)12(2)3)20-14(5)22-21-19(25-20)13(4)10-26(21)15(9-23)11-27-22/h7-8,10,12,15H,6,9,11H2,1-5H3. The third-order valence-electron chi connectivity index (χ3n) is 5.49. The minimum Gasteiger partial charge on any atom is -0.489 e. The van der Waals surface area contributed by atoms with Gasteiger partial charge in [0.1, 0.15) is 24.5 Å². The Kier molecular flexibility index (Phi) is 4.41. The smallest absolute Gasteiger partial charge is 0.150 e. The number of ether oxygens (including phenoxy) is 1. The zero-order valence-electron chi connectivity index (χ0n) is 16.6. The van der Waals surface area contributed by atoms with Crippen molar-refractivity contribution < 1.29 is 9.13 Å². The monoisotopic (exact) mass is 367 g/mol. The summed E-state index contributed by atoms with van der Waals surface area (Å²) in [5, 5.41) is 0. The highest BCUT2D eigenvalue weighted by atomic mass is 19.1. The lowest BCUT2D eigenvalue weighted by Gasteiger charge is -2.26. The Morgan fingerprint density at radius 3 is 2.70 bits per heavy atom. The molecule has 0 aliphatic carbocycles. The van der Waals surface area contributed by atoms with E-state index < -0.39 is 6.67 Å². The number of aromatic nitrogens is 3. The van der Waals surface area contributed by atoms with Crippen molar-refractivity contribution in [3.05, 3.63) is 40.8 Å². The Labute approximate surface area is 159 Å². The van der Waals surface area contributed by atoms with E-state index in [1.165, 1.54) is 0 Å². The molecule has 0 aromatic carbocycles. The van der Waals surface area contributed by atoms with Gasteiger partial charge in [0.2, 0.25) is 0 Å². The van der Waals surface area contributed by atoms with Crippen LogP contribution in [0, 0.1) is 13.8 Å². The van der Waals surface area contributed by atoms with Crippen LogP contribution in [-0.4, -0.2) is 27.8 Å². The van der Waals surface area contributed by atoms with E-state index in [-0.39, 0.29) is 6.04 Å². The maximum atomic E-state index is 13.4. The molecule has 3 aromatic rings. The molecule has 1 unspecified atom stereocenters. The molecular weight excluding hydrogens is 341 g/mol. The fraction of sp³-hybridized carbons (Fsp3) is 0.455. The van der Waals surface area contributed by atoms with Crippen LogP contribution in [0.15, 0.2) is 18.3 Å². The van der Waals surface area contributed by atoms with Gasteiger partial charge in [-0.1, -0.05) is 20.8 Å². The molecule has 0 spiro atoms. The minimum atomic E-state index is -0.440. The van der Waals surface area contributed by atoms with Crippen LogP contribution in [0.1, 0.15) is 55.2 Å². The van der Waals surface area contributed by atoms with Gasteiger partial charge in [0.25, 0.3) is 0 Å². The van der Waals surface area contributed by atoms with E-state index >= 15 is 0 Å². The van der Waals surface area contributed by atoms with Gasteiger partial charge in [0.05, 0.1) is 17.3 Å². The molecule has 5 heteroatoms. The predicted octanol–water partition coefficient (Wildman–Crippen LogP) is 5.30. The van der Waals surface area contributed by atoms with Crippen molar-refractivity contribution in [1.29, 1.82) is 0 Å². The molecule has 4 heterocycles. The fourth-order valence-corrected chi connectivity index (χ4v) is 3.92. The van der Waals surface area contributed by atoms with Crippen molar-refractivity contribution in [2.75, 3.05) is 13.3 Å². The van der Waals surface area contributed by atoms with Gasteiger partial charge < -0.3 is 9.30 Å². The van der Waals surface area contributed by atoms with Crippen LogP contribution < -0.4 is 4.74 Å². The summed E-state index contributed by atoms with van der Waals surface area (Å²) in [4.78, 5) is 9.87. The summed E-state index contributed by atoms with van der Waals surface area (Å²) in [6, 6.07) is 3.95. The van der Waals surface area contributed by atoms with Gasteiger partial charge in [0, 0.05) is 28.7 Å². The van der Waals surface area contributed by atoms with Gasteiger partial charge in [-0.25, -0.2) is 9.37 Å². The molecule has 4 nitrogen and oxygen atoms in total. The summed E-state index contributed by atoms with van der Waals surface area (Å²) in [5.41, 5.74) is 7.95. The molecule has 27 heavy (non-hydrogen) atoms. The van der Waals surface area contributed by atoms with Crippen LogP contribution in [0.4, 0.5) is 4.39 Å². The van der Waals surface area contributed by atoms with Crippen molar-refractivity contribution in [2.24, 2.45) is 0 Å². The van der Waals surface area contributed by atoms with Crippen molar-refractivity contribution in [3.63, 3.8) is 0 Å². The summed E-state index contributed by atoms with van der Waals surface area (Å²) in [6.07, 6.45) is 2.84. The molecule has 3 aromatic heterocycles. The van der Waals surface area contributed by atoms with Crippen molar-refractivity contribution in [2.45, 2.75) is 53.0 Å². The second-order valence-electron chi connectivity index (χ2n) is 7.69. The first-order valence-electron chi connectivity index (χ1n) is 9.66. The quantitative estimate of drug-likeness (QED) is 0.628. The van der Waals surface area contributed by atoms with E-state index in [0.29, 0.717) is 12.5 Å². The highest BCUT2D eigenvalue weighted by Crippen LogP contribution is 2.41. The Morgan fingerprint density at radius 1 is 1.26 bits per heavy atom. The third kappa shape index (κ3) is 2.71. The van der Waals surface area contributed by atoms with Crippen LogP contribution in [0.3, 0.4) is 0 Å². The van der Waals surface area contributed by atoms with Gasteiger partial charge >= 0.3 is 0 Å². The number of nitrogens with zero attached hydrogens (tertiary/aromatic N) is 3. The van der Waals surface area contributed by atoms with Crippen LogP contribution in [-0.2, 0) is 6.42 Å². The zero-order chi connectivity index (χ0) is 19.3. The van der Waals surface area contributed by atoms with Crippen LogP contribution >= 0.6 is 0 Å². The number of aryl methyl sites for hydroxylation is 2. The van der Waals surface area contributed by atoms with E-state index in [1.54, 1.807) is 0 Å². The van der Waals surface area contributed by atoms with E-state index in [4.69, 9.17) is 14.7 Å². The van der Waals surface area contributed by atoms with Crippen LogP contribution in [0.2, 0.25) is 0 Å². The normalized spacial score (nSPS) is 16.2. The molecule has 1 atom stereocenters. The first-order chi connectivity index (χ1) is 13.0. The number of hydrogen-bond acceptors (Lipinski definition) is 3. The number of hydrogen-bond donors (Lipinski definition) is 0. The maximum Gasteiger partial charge on any atom is 0.150 e. The number of pyridine rings is 2. The third-order valence-corrected chi connectivity index (χ3v) is 5.49. The Bertz CT molecular complexity index is 1020. The molecule has 0 saturated carbocycles. The Balaban J connectivity index is 1.97. The molecule has 4 rings (SSSR count). The lowest BCUT2D eigenvalue weighted by molar-refractivity contribution is 0.206. The molecule has 0 N–H and O–H groups in total. The van der Waals surface area contributed by atoms with E-state index in [9.17, 15) is 4.39 Å². The van der Waals surface area contributed by atoms with Crippen molar-refractivity contribution in [3.8, 4) is 17.0 Å². The van der Waals surface area contributed by atoms with Crippen molar-refractivity contribution >= 4 is 11.0 Å². The van der Waals surface area contributed by atoms with Crippen LogP contribution in [0.25, 0.3) is 22.3 Å². The molecule has 0 amide bonds. The SMILES string of the molecule is CCc1nc(C(C)C)ccc1-c1nc2c(C)cn3c2c(c1C)OCC3CF. The molecule has 0 saturated heterocycles. The lowest BCUT2D eigenvalue weighted by atomic mass is 9.99. The average molecular weight is 367 g/mol. The summed E-state index contributed by atoms with van der Waals surface area (Å²) in [5.74, 6) is 1.21. The van der Waals surface area contributed by atoms with Gasteiger partial charge in [-0.05, 0) is 43.9 Å². The number of halogens is 1. The first kappa shape index (κ1) is 18.0. The summed E-state index contributed by atoms with van der Waals surface area (Å²) < 4.78 is 21.4. The molecule has 0 radical (unpaired) electrons. The molecule has 1 aliphatic heterocycles. The largest absolute Gasteiger partial charge is 0.489 e.